The van der Waals surface area contributed by atoms with E-state index in [9.17, 15) is 0 Å². The van der Waals surface area contributed by atoms with E-state index >= 15 is 0 Å². The van der Waals surface area contributed by atoms with Gasteiger partial charge in [-0.15, -0.1) is 287 Å². The predicted molar refractivity (Wildman–Crippen MR) is 518 cm³/mol. The first-order valence-electron chi connectivity index (χ1n) is 41.7. The number of aromatic nitrogens is 8. The summed E-state index contributed by atoms with van der Waals surface area (Å²) in [6, 6.07) is 163. The molecule has 130 heavy (non-hydrogen) atoms. The van der Waals surface area contributed by atoms with Crippen molar-refractivity contribution in [2.24, 2.45) is 0 Å². The molecule has 0 aliphatic carbocycles. The zero-order valence-electron chi connectivity index (χ0n) is 72.4. The molecular formula is C118H92Ir4N8-8. The molecule has 0 saturated carbocycles. The van der Waals surface area contributed by atoms with E-state index < -0.39 is 0 Å². The molecule has 4 radical (unpaired) electrons. The summed E-state index contributed by atoms with van der Waals surface area (Å²) in [7, 11) is 0. The number of nitrogens with zero attached hydrogens (tertiary/aromatic N) is 8. The van der Waals surface area contributed by atoms with Crippen molar-refractivity contribution in [3.63, 3.8) is 0 Å². The van der Waals surface area contributed by atoms with E-state index in [0.717, 1.165) is 90.1 Å². The van der Waals surface area contributed by atoms with Crippen molar-refractivity contribution in [3.05, 3.63) is 533 Å². The summed E-state index contributed by atoms with van der Waals surface area (Å²) in [5.74, 6) is 0.537. The fourth-order valence-corrected chi connectivity index (χ4v) is 12.9. The van der Waals surface area contributed by atoms with Crippen LogP contribution >= 0.6 is 0 Å². The van der Waals surface area contributed by atoms with Gasteiger partial charge in [-0.25, -0.2) is 0 Å². The van der Waals surface area contributed by atoms with Crippen LogP contribution in [0, 0.1) is 69.3 Å². The van der Waals surface area contributed by atoms with Crippen LogP contribution in [0.1, 0.15) is 42.0 Å². The van der Waals surface area contributed by atoms with Gasteiger partial charge in [-0.1, -0.05) is 206 Å². The van der Waals surface area contributed by atoms with Crippen molar-refractivity contribution >= 4 is 0 Å². The van der Waals surface area contributed by atoms with E-state index in [-0.39, 0.29) is 80.4 Å². The minimum absolute atomic E-state index is 0. The van der Waals surface area contributed by atoms with Gasteiger partial charge in [-0.2, -0.15) is 0 Å². The molecule has 0 spiro atoms. The Morgan fingerprint density at radius 1 is 0.177 bits per heavy atom. The molecule has 20 aromatic rings. The molecule has 648 valence electrons. The van der Waals surface area contributed by atoms with E-state index in [1.54, 1.807) is 6.20 Å². The molecule has 0 aliphatic rings. The van der Waals surface area contributed by atoms with E-state index in [4.69, 9.17) is 0 Å². The molecule has 8 nitrogen and oxygen atoms in total. The standard InChI is InChI=1S/C18H14N.3C17H12N.C14H14N.2C12H10N.C11H8N.4Ir/c1-14-7-9-15(10-8-14)17-11-12-19-18(13-17)16-5-3-2-4-6-16;3*1-3-7-14(8-4-1)16-11-12-18-17(13-16)15-9-5-2-6-10-15;1-11(2)13-8-9-15-14(10-13)12-6-4-3-5-7-12;1-10-7-8-13-12(9-10)11-5-3-2-4-6-11;1-10-7-8-12(13-9-10)11-5-3-2-4-6-11;1-2-6-10(7-3-1)11-8-4-5-9-12-11;;;;/h2-5,7-13H,1H3;3*1-9,11-13H;3-6,8-11H,1-2H3;2*2-5,7-9H,1H3;1-6,8-9H;;;;/q8*-1;;;;. The average molecular weight is 2390 g/mol. The van der Waals surface area contributed by atoms with Gasteiger partial charge in [0.05, 0.1) is 0 Å². The van der Waals surface area contributed by atoms with E-state index in [0.29, 0.717) is 5.92 Å². The van der Waals surface area contributed by atoms with Gasteiger partial charge in [0, 0.05) is 130 Å². The van der Waals surface area contributed by atoms with Crippen LogP contribution in [0.15, 0.2) is 462 Å². The van der Waals surface area contributed by atoms with Gasteiger partial charge in [0.25, 0.3) is 0 Å². The van der Waals surface area contributed by atoms with Crippen LogP contribution in [0.2, 0.25) is 0 Å². The summed E-state index contributed by atoms with van der Waals surface area (Å²) >= 11 is 0. The van der Waals surface area contributed by atoms with Crippen molar-refractivity contribution in [3.8, 4) is 135 Å². The van der Waals surface area contributed by atoms with Crippen molar-refractivity contribution in [1.82, 2.24) is 39.9 Å². The maximum atomic E-state index is 4.42. The van der Waals surface area contributed by atoms with Crippen LogP contribution in [0.4, 0.5) is 0 Å². The average Bonchev–Trinajstić information content (AvgIpc) is 0.869. The fraction of sp³-hybridized carbons (Fsp3) is 0.0508. The third-order valence-electron chi connectivity index (χ3n) is 19.6. The van der Waals surface area contributed by atoms with Crippen LogP contribution in [0.5, 0.6) is 0 Å². The molecule has 20 rings (SSSR count). The first-order valence-corrected chi connectivity index (χ1v) is 41.7. The molecular weight excluding hydrogens is 2300 g/mol. The number of hydrogen-bond acceptors (Lipinski definition) is 8. The normalized spacial score (nSPS) is 9.86. The first-order chi connectivity index (χ1) is 62.1. The molecule has 0 aliphatic heterocycles. The Labute approximate surface area is 820 Å². The second-order valence-corrected chi connectivity index (χ2v) is 29.2. The van der Waals surface area contributed by atoms with Crippen molar-refractivity contribution < 1.29 is 80.4 Å². The zero-order chi connectivity index (χ0) is 86.8. The Hall–Kier alpha value is -13.6. The minimum Gasteiger partial charge on any atom is -0.305 e. The van der Waals surface area contributed by atoms with Gasteiger partial charge in [-0.05, 0) is 165 Å². The number of hydrogen-bond donors (Lipinski definition) is 0. The maximum absolute atomic E-state index is 4.42. The maximum Gasteiger partial charge on any atom is 0.0190 e. The SMILES string of the molecule is CC(C)c1ccnc(-c2[c-]cccc2)c1.Cc1ccc(-c2[c-]cccc2)nc1.Cc1ccc(-c2ccnc(-c3[c-]cccc3)c2)cc1.Cc1ccnc(-c2[c-]cccc2)c1.[Ir].[Ir].[Ir].[Ir].[c-]1ccccc1-c1cc(-c2ccccc2)ccn1.[c-]1ccccc1-c1cc(-c2ccccc2)ccn1.[c-]1ccccc1-c1cc(-c2ccccc2)ccn1.[c-]1ccccc1-c1ccccn1. The minimum atomic E-state index is 0. The Bertz CT molecular complexity index is 6030. The second kappa shape index (κ2) is 55.2. The number of pyridine rings is 8. The third kappa shape index (κ3) is 32.0. The largest absolute Gasteiger partial charge is 0.305 e. The molecule has 0 N–H and O–H groups in total. The van der Waals surface area contributed by atoms with Gasteiger partial charge in [-0.3, -0.25) is 0 Å². The van der Waals surface area contributed by atoms with Crippen molar-refractivity contribution in [2.45, 2.75) is 40.5 Å². The van der Waals surface area contributed by atoms with Crippen LogP contribution in [-0.2, 0) is 80.4 Å². The van der Waals surface area contributed by atoms with Gasteiger partial charge in [0.15, 0.2) is 0 Å². The fourth-order valence-electron chi connectivity index (χ4n) is 12.9. The molecule has 8 heterocycles. The summed E-state index contributed by atoms with van der Waals surface area (Å²) in [5.41, 5.74) is 30.6. The van der Waals surface area contributed by atoms with Gasteiger partial charge >= 0.3 is 0 Å². The van der Waals surface area contributed by atoms with Gasteiger partial charge in [0.1, 0.15) is 0 Å². The Balaban J connectivity index is 0.000000167. The van der Waals surface area contributed by atoms with Gasteiger partial charge in [0.2, 0.25) is 0 Å². The summed E-state index contributed by atoms with van der Waals surface area (Å²) < 4.78 is 0. The summed E-state index contributed by atoms with van der Waals surface area (Å²) in [6.07, 6.45) is 14.7. The summed E-state index contributed by atoms with van der Waals surface area (Å²) in [5, 5.41) is 0. The van der Waals surface area contributed by atoms with Gasteiger partial charge < -0.3 is 39.9 Å². The van der Waals surface area contributed by atoms with Crippen molar-refractivity contribution in [1.29, 1.82) is 0 Å². The number of rotatable bonds is 13. The topological polar surface area (TPSA) is 103 Å². The molecule has 12 aromatic carbocycles. The molecule has 0 bridgehead atoms. The molecule has 0 saturated heterocycles. The molecule has 0 amide bonds. The molecule has 0 atom stereocenters. The summed E-state index contributed by atoms with van der Waals surface area (Å²) in [4.78, 5) is 34.8. The Kier molecular flexibility index (Phi) is 42.6. The second-order valence-electron chi connectivity index (χ2n) is 29.2. The van der Waals surface area contributed by atoms with Crippen LogP contribution in [0.25, 0.3) is 135 Å². The monoisotopic (exact) mass is 2390 g/mol. The molecule has 8 aromatic heterocycles. The molecule has 0 fully saturated rings. The molecule has 0 unspecified atom stereocenters. The van der Waals surface area contributed by atoms with Crippen LogP contribution < -0.4 is 0 Å². The Morgan fingerprint density at radius 2 is 0.431 bits per heavy atom. The summed E-state index contributed by atoms with van der Waals surface area (Å²) in [6.45, 7) is 10.6. The van der Waals surface area contributed by atoms with E-state index in [2.05, 4.69) is 225 Å². The van der Waals surface area contributed by atoms with Crippen LogP contribution in [0.3, 0.4) is 0 Å². The molecule has 12 heteroatoms. The van der Waals surface area contributed by atoms with E-state index in [1.807, 2.05) is 354 Å². The Morgan fingerprint density at radius 3 is 0.708 bits per heavy atom. The number of aryl methyl sites for hydroxylation is 3. The first kappa shape index (κ1) is 100. The van der Waals surface area contributed by atoms with Crippen LogP contribution in [-0.4, -0.2) is 39.9 Å². The smallest absolute Gasteiger partial charge is 0.0190 e. The predicted octanol–water partition coefficient (Wildman–Crippen LogP) is 29.1. The quantitative estimate of drug-likeness (QED) is 0.105. The number of benzene rings is 12. The third-order valence-corrected chi connectivity index (χ3v) is 19.6. The zero-order valence-corrected chi connectivity index (χ0v) is 81.9. The van der Waals surface area contributed by atoms with Crippen molar-refractivity contribution in [2.75, 3.05) is 0 Å². The van der Waals surface area contributed by atoms with E-state index in [1.165, 1.54) is 66.8 Å².